The first-order chi connectivity index (χ1) is 14.5. The molecule has 0 aliphatic carbocycles. The fourth-order valence-corrected chi connectivity index (χ4v) is 4.02. The van der Waals surface area contributed by atoms with Crippen LogP contribution in [0, 0.1) is 18.1 Å². The topological polar surface area (TPSA) is 60.5 Å². The molecule has 30 heavy (non-hydrogen) atoms. The number of aromatic amines is 1. The van der Waals surface area contributed by atoms with Crippen LogP contribution in [0.1, 0.15) is 6.92 Å². The fraction of sp³-hybridized carbons (Fsp3) is 0.136. The van der Waals surface area contributed by atoms with Crippen molar-refractivity contribution in [2.24, 2.45) is 7.05 Å². The molecule has 0 atom stereocenters. The number of hydrogen-bond acceptors (Lipinski definition) is 2. The van der Waals surface area contributed by atoms with Gasteiger partial charge in [0.25, 0.3) is 0 Å². The first-order valence-corrected chi connectivity index (χ1v) is 9.47. The molecule has 0 unspecified atom stereocenters. The Morgan fingerprint density at radius 1 is 1.03 bits per heavy atom. The van der Waals surface area contributed by atoms with Crippen LogP contribution in [-0.2, 0) is 13.6 Å². The molecule has 3 heterocycles. The second kappa shape index (κ2) is 6.69. The summed E-state index contributed by atoms with van der Waals surface area (Å²) in [4.78, 5) is 12.8. The Hall–Kier alpha value is -3.68. The van der Waals surface area contributed by atoms with Crippen molar-refractivity contribution in [2.45, 2.75) is 13.5 Å². The molecular weight excluding hydrogens is 388 g/mol. The highest BCUT2D eigenvalue weighted by Crippen LogP contribution is 2.32. The molecule has 3 aromatic heterocycles. The average Bonchev–Trinajstić information content (AvgIpc) is 3.35. The summed E-state index contributed by atoms with van der Waals surface area (Å²) in [6.07, 6.45) is 5.57. The number of halogens is 2. The van der Waals surface area contributed by atoms with Gasteiger partial charge in [0.1, 0.15) is 11.6 Å². The molecule has 5 aromatic rings. The lowest BCUT2D eigenvalue weighted by molar-refractivity contribution is 0.629. The van der Waals surface area contributed by atoms with Crippen molar-refractivity contribution in [3.63, 3.8) is 0 Å². The normalized spacial score (nSPS) is 11.7. The largest absolute Gasteiger partial charge is 0.350 e. The molecule has 8 heteroatoms. The van der Waals surface area contributed by atoms with Gasteiger partial charge >= 0.3 is 5.69 Å². The molecular formula is C22H18F2N5O. The van der Waals surface area contributed by atoms with Gasteiger partial charge in [0.2, 0.25) is 0 Å². The van der Waals surface area contributed by atoms with Crippen LogP contribution >= 0.6 is 0 Å². The van der Waals surface area contributed by atoms with Crippen LogP contribution in [0.2, 0.25) is 0 Å². The van der Waals surface area contributed by atoms with Gasteiger partial charge < -0.3 is 9.13 Å². The van der Waals surface area contributed by atoms with E-state index in [4.69, 9.17) is 0 Å². The van der Waals surface area contributed by atoms with Crippen LogP contribution in [0.3, 0.4) is 0 Å². The van der Waals surface area contributed by atoms with E-state index in [-0.39, 0.29) is 5.82 Å². The maximum absolute atomic E-state index is 14.1. The third-order valence-corrected chi connectivity index (χ3v) is 5.31. The van der Waals surface area contributed by atoms with E-state index >= 15 is 0 Å². The molecule has 0 saturated heterocycles. The SMILES string of the molecule is C[CH]Cn1cc(-n2c(-c3cn(C)c4ccc(F)cc34)n[nH]c2=O)c2cc(F)ccc21. The van der Waals surface area contributed by atoms with Crippen LogP contribution in [0.5, 0.6) is 0 Å². The molecule has 151 valence electrons. The van der Waals surface area contributed by atoms with Gasteiger partial charge in [0.05, 0.1) is 11.2 Å². The second-order valence-corrected chi connectivity index (χ2v) is 7.24. The van der Waals surface area contributed by atoms with E-state index in [0.717, 1.165) is 11.0 Å². The van der Waals surface area contributed by atoms with E-state index in [2.05, 4.69) is 10.2 Å². The van der Waals surface area contributed by atoms with E-state index in [1.165, 1.54) is 28.8 Å². The van der Waals surface area contributed by atoms with Gasteiger partial charge in [-0.1, -0.05) is 6.92 Å². The van der Waals surface area contributed by atoms with Crippen LogP contribution < -0.4 is 5.69 Å². The molecule has 0 spiro atoms. The van der Waals surface area contributed by atoms with Crippen molar-refractivity contribution in [1.29, 1.82) is 0 Å². The molecule has 5 rings (SSSR count). The van der Waals surface area contributed by atoms with E-state index in [0.29, 0.717) is 34.4 Å². The summed E-state index contributed by atoms with van der Waals surface area (Å²) in [5.41, 5.74) is 2.26. The minimum atomic E-state index is -0.456. The fourth-order valence-electron chi connectivity index (χ4n) is 4.02. The Morgan fingerprint density at radius 2 is 1.73 bits per heavy atom. The number of hydrogen-bond donors (Lipinski definition) is 1. The smallest absolute Gasteiger partial charge is 0.348 e. The third-order valence-electron chi connectivity index (χ3n) is 5.31. The minimum absolute atomic E-state index is 0.333. The van der Waals surface area contributed by atoms with E-state index < -0.39 is 11.5 Å². The van der Waals surface area contributed by atoms with Gasteiger partial charge in [-0.15, -0.1) is 0 Å². The summed E-state index contributed by atoms with van der Waals surface area (Å²) >= 11 is 0. The Morgan fingerprint density at radius 3 is 2.47 bits per heavy atom. The zero-order valence-corrected chi connectivity index (χ0v) is 16.4. The molecule has 1 radical (unpaired) electrons. The van der Waals surface area contributed by atoms with Crippen molar-refractivity contribution < 1.29 is 8.78 Å². The van der Waals surface area contributed by atoms with Gasteiger partial charge in [-0.2, -0.15) is 5.10 Å². The van der Waals surface area contributed by atoms with E-state index in [1.54, 1.807) is 24.5 Å². The molecule has 0 amide bonds. The van der Waals surface area contributed by atoms with Crippen molar-refractivity contribution in [2.75, 3.05) is 0 Å². The van der Waals surface area contributed by atoms with Gasteiger partial charge in [-0.3, -0.25) is 0 Å². The van der Waals surface area contributed by atoms with Crippen molar-refractivity contribution in [1.82, 2.24) is 23.9 Å². The zero-order valence-electron chi connectivity index (χ0n) is 16.4. The molecule has 0 aliphatic rings. The number of aryl methyl sites for hydroxylation is 1. The summed E-state index contributed by atoms with van der Waals surface area (Å²) in [6, 6.07) is 8.98. The Labute approximate surface area is 170 Å². The third kappa shape index (κ3) is 2.67. The van der Waals surface area contributed by atoms with Crippen molar-refractivity contribution in [3.8, 4) is 17.1 Å². The number of benzene rings is 2. The summed E-state index contributed by atoms with van der Waals surface area (Å²) in [5, 5.41) is 7.93. The van der Waals surface area contributed by atoms with Crippen LogP contribution in [0.25, 0.3) is 38.9 Å². The van der Waals surface area contributed by atoms with Crippen molar-refractivity contribution in [3.05, 3.63) is 77.3 Å². The summed E-state index contributed by atoms with van der Waals surface area (Å²) in [7, 11) is 1.84. The van der Waals surface area contributed by atoms with E-state index in [1.807, 2.05) is 29.5 Å². The lowest BCUT2D eigenvalue weighted by Gasteiger charge is -2.04. The average molecular weight is 406 g/mol. The molecule has 0 saturated carbocycles. The number of rotatable bonds is 4. The molecule has 0 fully saturated rings. The van der Waals surface area contributed by atoms with Crippen LogP contribution in [0.4, 0.5) is 8.78 Å². The highest BCUT2D eigenvalue weighted by Gasteiger charge is 2.21. The Bertz CT molecular complexity index is 1470. The van der Waals surface area contributed by atoms with Gasteiger partial charge in [0, 0.05) is 47.8 Å². The number of H-pyrrole nitrogens is 1. The highest BCUT2D eigenvalue weighted by atomic mass is 19.1. The number of nitrogens with one attached hydrogen (secondary N) is 1. The molecule has 6 nitrogen and oxygen atoms in total. The second-order valence-electron chi connectivity index (χ2n) is 7.24. The maximum Gasteiger partial charge on any atom is 0.348 e. The predicted molar refractivity (Wildman–Crippen MR) is 111 cm³/mol. The summed E-state index contributed by atoms with van der Waals surface area (Å²) in [5.74, 6) is -0.441. The number of fused-ring (bicyclic) bond motifs is 2. The van der Waals surface area contributed by atoms with Gasteiger partial charge in [-0.05, 0) is 42.8 Å². The quantitative estimate of drug-likeness (QED) is 0.487. The first kappa shape index (κ1) is 18.4. The predicted octanol–water partition coefficient (Wildman–Crippen LogP) is 4.18. The van der Waals surface area contributed by atoms with Crippen molar-refractivity contribution >= 4 is 21.8 Å². The maximum atomic E-state index is 14.1. The monoisotopic (exact) mass is 406 g/mol. The van der Waals surface area contributed by atoms with Crippen LogP contribution in [0.15, 0.2) is 53.6 Å². The summed E-state index contributed by atoms with van der Waals surface area (Å²) in [6.45, 7) is 2.53. The number of aromatic nitrogens is 5. The lowest BCUT2D eigenvalue weighted by Crippen LogP contribution is -2.15. The zero-order chi connectivity index (χ0) is 21.0. The molecule has 0 aliphatic heterocycles. The standard InChI is InChI=1S/C22H18F2N5O/c1-3-8-28-12-20(16-10-14(24)5-7-19(16)28)29-21(25-26-22(29)30)17-11-27(2)18-6-4-13(23)9-15(17)18/h3-7,9-12H,8H2,1-2H3,(H,26,30). The first-order valence-electron chi connectivity index (χ1n) is 9.47. The van der Waals surface area contributed by atoms with Gasteiger partial charge in [0.15, 0.2) is 5.82 Å². The number of nitrogens with zero attached hydrogens (tertiary/aromatic N) is 4. The van der Waals surface area contributed by atoms with E-state index in [9.17, 15) is 13.6 Å². The minimum Gasteiger partial charge on any atom is -0.350 e. The lowest BCUT2D eigenvalue weighted by atomic mass is 10.1. The molecule has 1 N–H and O–H groups in total. The Kier molecular flexibility index (Phi) is 4.09. The molecule has 0 bridgehead atoms. The highest BCUT2D eigenvalue weighted by molar-refractivity contribution is 5.96. The Balaban J connectivity index is 1.83. The summed E-state index contributed by atoms with van der Waals surface area (Å²) < 4.78 is 33.2. The molecule has 2 aromatic carbocycles. The van der Waals surface area contributed by atoms with Crippen LogP contribution in [-0.4, -0.2) is 23.9 Å². The van der Waals surface area contributed by atoms with Gasteiger partial charge in [-0.25, -0.2) is 23.2 Å².